The van der Waals surface area contributed by atoms with E-state index in [1.54, 1.807) is 19.1 Å². The van der Waals surface area contributed by atoms with E-state index in [0.29, 0.717) is 24.6 Å². The summed E-state index contributed by atoms with van der Waals surface area (Å²) < 4.78 is 12.9. The van der Waals surface area contributed by atoms with Crippen molar-refractivity contribution in [1.29, 1.82) is 5.26 Å². The van der Waals surface area contributed by atoms with Crippen molar-refractivity contribution in [2.75, 3.05) is 27.3 Å². The van der Waals surface area contributed by atoms with Gasteiger partial charge < -0.3 is 24.3 Å². The van der Waals surface area contributed by atoms with Gasteiger partial charge in [0.25, 0.3) is 0 Å². The Bertz CT molecular complexity index is 855. The van der Waals surface area contributed by atoms with Crippen molar-refractivity contribution in [2.24, 2.45) is 0 Å². The van der Waals surface area contributed by atoms with Crippen LogP contribution in [-0.4, -0.2) is 54.8 Å². The zero-order chi connectivity index (χ0) is 19.4. The van der Waals surface area contributed by atoms with Crippen LogP contribution >= 0.6 is 0 Å². The fourth-order valence-corrected chi connectivity index (χ4v) is 3.60. The van der Waals surface area contributed by atoms with Crippen molar-refractivity contribution in [3.8, 4) is 17.6 Å². The van der Waals surface area contributed by atoms with Crippen LogP contribution in [0.3, 0.4) is 0 Å². The zero-order valence-corrected chi connectivity index (χ0v) is 16.1. The molecule has 1 aliphatic heterocycles. The third-order valence-corrected chi connectivity index (χ3v) is 5.07. The summed E-state index contributed by atoms with van der Waals surface area (Å²) in [5.41, 5.74) is 1.05. The molecule has 1 aliphatic rings. The van der Waals surface area contributed by atoms with Crippen molar-refractivity contribution >= 4 is 16.8 Å². The number of methoxy groups -OCH3 is 2. The van der Waals surface area contributed by atoms with Crippen LogP contribution < -0.4 is 14.8 Å². The highest BCUT2D eigenvalue weighted by molar-refractivity contribution is 5.84. The van der Waals surface area contributed by atoms with Gasteiger partial charge in [-0.2, -0.15) is 5.26 Å². The second-order valence-electron chi connectivity index (χ2n) is 6.89. The summed E-state index contributed by atoms with van der Waals surface area (Å²) in [5.74, 6) is 1.39. The van der Waals surface area contributed by atoms with Crippen LogP contribution in [0.5, 0.6) is 11.5 Å². The zero-order valence-electron chi connectivity index (χ0n) is 16.1. The maximum Gasteiger partial charge on any atom is 0.237 e. The van der Waals surface area contributed by atoms with E-state index in [4.69, 9.17) is 14.7 Å². The monoisotopic (exact) mass is 370 g/mol. The van der Waals surface area contributed by atoms with E-state index in [0.717, 1.165) is 23.7 Å². The number of nitrogens with one attached hydrogen (secondary N) is 1. The van der Waals surface area contributed by atoms with Gasteiger partial charge in [-0.15, -0.1) is 0 Å². The molecule has 1 fully saturated rings. The number of fused-ring (bicyclic) bond motifs is 1. The molecular formula is C20H26N4O3. The summed E-state index contributed by atoms with van der Waals surface area (Å²) in [4.78, 5) is 14.0. The first-order valence-corrected chi connectivity index (χ1v) is 9.20. The summed E-state index contributed by atoms with van der Waals surface area (Å²) in [6, 6.07) is 8.00. The Kier molecular flexibility index (Phi) is 5.87. The summed E-state index contributed by atoms with van der Waals surface area (Å²) >= 11 is 0. The SMILES string of the molecule is COc1cc2ccn(C[C@H](C)NCC(=O)N3CCC[C@H]3C#N)c2cc1OC. The number of carbonyl (C=O) groups excluding carboxylic acids is 1. The van der Waals surface area contributed by atoms with Crippen LogP contribution in [0, 0.1) is 11.3 Å². The van der Waals surface area contributed by atoms with E-state index in [2.05, 4.69) is 16.0 Å². The van der Waals surface area contributed by atoms with Crippen molar-refractivity contribution in [3.63, 3.8) is 0 Å². The third-order valence-electron chi connectivity index (χ3n) is 5.07. The fourth-order valence-electron chi connectivity index (χ4n) is 3.60. The molecule has 27 heavy (non-hydrogen) atoms. The van der Waals surface area contributed by atoms with Crippen LogP contribution in [0.4, 0.5) is 0 Å². The highest BCUT2D eigenvalue weighted by Gasteiger charge is 2.28. The van der Waals surface area contributed by atoms with Gasteiger partial charge in [0.2, 0.25) is 5.91 Å². The molecule has 0 unspecified atom stereocenters. The van der Waals surface area contributed by atoms with E-state index in [-0.39, 0.29) is 24.5 Å². The molecule has 2 heterocycles. The van der Waals surface area contributed by atoms with Gasteiger partial charge >= 0.3 is 0 Å². The molecule has 0 saturated carbocycles. The maximum absolute atomic E-state index is 12.4. The van der Waals surface area contributed by atoms with E-state index in [1.165, 1.54) is 0 Å². The first-order chi connectivity index (χ1) is 13.1. The lowest BCUT2D eigenvalue weighted by Gasteiger charge is -2.22. The molecule has 2 aromatic rings. The number of carbonyl (C=O) groups is 1. The minimum Gasteiger partial charge on any atom is -0.493 e. The first kappa shape index (κ1) is 19.1. The predicted molar refractivity (Wildman–Crippen MR) is 103 cm³/mol. The van der Waals surface area contributed by atoms with Gasteiger partial charge in [-0.25, -0.2) is 0 Å². The minimum absolute atomic E-state index is 0.00494. The van der Waals surface area contributed by atoms with Gasteiger partial charge in [-0.3, -0.25) is 4.79 Å². The van der Waals surface area contributed by atoms with Crippen LogP contribution in [-0.2, 0) is 11.3 Å². The second-order valence-corrected chi connectivity index (χ2v) is 6.89. The number of hydrogen-bond donors (Lipinski definition) is 1. The maximum atomic E-state index is 12.4. The van der Waals surface area contributed by atoms with Gasteiger partial charge in [-0.05, 0) is 31.9 Å². The van der Waals surface area contributed by atoms with Crippen LogP contribution in [0.25, 0.3) is 10.9 Å². The van der Waals surface area contributed by atoms with Gasteiger partial charge in [-0.1, -0.05) is 0 Å². The van der Waals surface area contributed by atoms with Crippen molar-refractivity contribution < 1.29 is 14.3 Å². The summed E-state index contributed by atoms with van der Waals surface area (Å²) in [6.07, 6.45) is 3.70. The third kappa shape index (κ3) is 4.01. The molecule has 2 atom stereocenters. The lowest BCUT2D eigenvalue weighted by Crippen LogP contribution is -2.43. The standard InChI is InChI=1S/C20H26N4O3/c1-14(22-12-20(25)24-7-4-5-16(24)11-21)13-23-8-6-15-9-18(26-2)19(27-3)10-17(15)23/h6,8-10,14,16,22H,4-5,7,12-13H2,1-3H3/t14-,16-/m0/s1. The Labute approximate surface area is 159 Å². The summed E-state index contributed by atoms with van der Waals surface area (Å²) in [7, 11) is 3.25. The molecule has 7 nitrogen and oxygen atoms in total. The average Bonchev–Trinajstić information content (AvgIpc) is 3.31. The molecule has 0 spiro atoms. The number of likely N-dealkylation sites (tertiary alicyclic amines) is 1. The lowest BCUT2D eigenvalue weighted by molar-refractivity contribution is -0.130. The van der Waals surface area contributed by atoms with Crippen LogP contribution in [0.2, 0.25) is 0 Å². The largest absolute Gasteiger partial charge is 0.493 e. The number of amides is 1. The number of nitrogens with zero attached hydrogens (tertiary/aromatic N) is 3. The van der Waals surface area contributed by atoms with E-state index in [9.17, 15) is 4.79 Å². The highest BCUT2D eigenvalue weighted by atomic mass is 16.5. The Balaban J connectivity index is 1.63. The van der Waals surface area contributed by atoms with E-state index in [1.807, 2.05) is 31.3 Å². The van der Waals surface area contributed by atoms with Crippen molar-refractivity contribution in [1.82, 2.24) is 14.8 Å². The van der Waals surface area contributed by atoms with Gasteiger partial charge in [0.15, 0.2) is 11.5 Å². The summed E-state index contributed by atoms with van der Waals surface area (Å²) in [6.45, 7) is 3.69. The molecule has 1 N–H and O–H groups in total. The van der Waals surface area contributed by atoms with Gasteiger partial charge in [0.05, 0.1) is 32.4 Å². The molecule has 7 heteroatoms. The van der Waals surface area contributed by atoms with Crippen molar-refractivity contribution in [2.45, 2.75) is 38.4 Å². The lowest BCUT2D eigenvalue weighted by atomic mass is 10.2. The van der Waals surface area contributed by atoms with Gasteiger partial charge in [0, 0.05) is 36.8 Å². The number of benzene rings is 1. The summed E-state index contributed by atoms with van der Waals surface area (Å²) in [5, 5.41) is 13.5. The minimum atomic E-state index is -0.273. The number of nitriles is 1. The molecule has 3 rings (SSSR count). The topological polar surface area (TPSA) is 79.5 Å². The molecule has 1 amide bonds. The molecule has 0 aliphatic carbocycles. The molecule has 0 radical (unpaired) electrons. The number of rotatable bonds is 7. The molecule has 144 valence electrons. The molecule has 1 aromatic heterocycles. The van der Waals surface area contributed by atoms with Crippen molar-refractivity contribution in [3.05, 3.63) is 24.4 Å². The molecule has 1 aromatic carbocycles. The molecular weight excluding hydrogens is 344 g/mol. The Morgan fingerprint density at radius 3 is 2.81 bits per heavy atom. The van der Waals surface area contributed by atoms with Crippen LogP contribution in [0.1, 0.15) is 19.8 Å². The Hall–Kier alpha value is -2.72. The number of aromatic nitrogens is 1. The molecule has 0 bridgehead atoms. The Morgan fingerprint density at radius 2 is 2.11 bits per heavy atom. The Morgan fingerprint density at radius 1 is 1.37 bits per heavy atom. The average molecular weight is 370 g/mol. The number of ether oxygens (including phenoxy) is 2. The molecule has 1 saturated heterocycles. The quantitative estimate of drug-likeness (QED) is 0.808. The second kappa shape index (κ2) is 8.31. The first-order valence-electron chi connectivity index (χ1n) is 9.20. The fraction of sp³-hybridized carbons (Fsp3) is 0.500. The highest BCUT2D eigenvalue weighted by Crippen LogP contribution is 2.32. The van der Waals surface area contributed by atoms with E-state index >= 15 is 0 Å². The normalized spacial score (nSPS) is 17.7. The van der Waals surface area contributed by atoms with E-state index < -0.39 is 0 Å². The number of hydrogen-bond acceptors (Lipinski definition) is 5. The smallest absolute Gasteiger partial charge is 0.237 e. The van der Waals surface area contributed by atoms with Crippen LogP contribution in [0.15, 0.2) is 24.4 Å². The van der Waals surface area contributed by atoms with Gasteiger partial charge in [0.1, 0.15) is 6.04 Å². The predicted octanol–water partition coefficient (Wildman–Crippen LogP) is 2.15.